The highest BCUT2D eigenvalue weighted by Crippen LogP contribution is 2.37. The van der Waals surface area contributed by atoms with Gasteiger partial charge in [0.1, 0.15) is 18.2 Å². The smallest absolute Gasteiger partial charge is 0.269 e. The summed E-state index contributed by atoms with van der Waals surface area (Å²) < 4.78 is 17.5. The number of hydrogen-bond donors (Lipinski definition) is 1. The molecule has 2 aromatic carbocycles. The third-order valence-corrected chi connectivity index (χ3v) is 5.48. The molecule has 10 nitrogen and oxygen atoms in total. The Labute approximate surface area is 216 Å². The number of methoxy groups -OCH3 is 1. The number of ether oxygens (including phenoxy) is 3. The largest absolute Gasteiger partial charge is 0.490 e. The third kappa shape index (κ3) is 6.78. The van der Waals surface area contributed by atoms with Gasteiger partial charge in [0, 0.05) is 30.5 Å². The van der Waals surface area contributed by atoms with Gasteiger partial charge < -0.3 is 14.2 Å². The Morgan fingerprint density at radius 1 is 1.22 bits per heavy atom. The zero-order chi connectivity index (χ0) is 26.1. The van der Waals surface area contributed by atoms with E-state index in [1.807, 2.05) is 19.9 Å². The standard InChI is InChI=1S/C25H24BrN5O5/c1-4-35-23-11-18(13-28-30-25-21(12-27)19(15-34-3)9-16(2)29-25)10-22(26)24(23)36-14-17-5-7-20(8-6-17)31(32)33/h5-11,13H,4,14-15H2,1-3H3,(H,29,30). The number of anilines is 1. The molecule has 0 aliphatic heterocycles. The van der Waals surface area contributed by atoms with Crippen LogP contribution in [0.5, 0.6) is 11.5 Å². The van der Waals surface area contributed by atoms with Crippen molar-refractivity contribution < 1.29 is 19.1 Å². The van der Waals surface area contributed by atoms with Crippen molar-refractivity contribution >= 4 is 33.6 Å². The lowest BCUT2D eigenvalue weighted by Gasteiger charge is -2.15. The Kier molecular flexibility index (Phi) is 9.32. The highest BCUT2D eigenvalue weighted by Gasteiger charge is 2.14. The third-order valence-electron chi connectivity index (χ3n) is 4.89. The van der Waals surface area contributed by atoms with Gasteiger partial charge in [-0.25, -0.2) is 4.98 Å². The van der Waals surface area contributed by atoms with E-state index < -0.39 is 4.92 Å². The van der Waals surface area contributed by atoms with Crippen LogP contribution in [0.2, 0.25) is 0 Å². The van der Waals surface area contributed by atoms with Crippen molar-refractivity contribution in [1.82, 2.24) is 4.98 Å². The van der Waals surface area contributed by atoms with Crippen LogP contribution in [-0.4, -0.2) is 29.8 Å². The lowest BCUT2D eigenvalue weighted by atomic mass is 10.1. The maximum atomic E-state index is 10.8. The first-order chi connectivity index (χ1) is 17.4. The Morgan fingerprint density at radius 2 is 1.97 bits per heavy atom. The molecule has 1 heterocycles. The maximum absolute atomic E-state index is 10.8. The summed E-state index contributed by atoms with van der Waals surface area (Å²) in [7, 11) is 1.56. The molecule has 0 spiro atoms. The Balaban J connectivity index is 1.79. The number of aromatic nitrogens is 1. The molecule has 0 fully saturated rings. The summed E-state index contributed by atoms with van der Waals surface area (Å²) in [6.07, 6.45) is 1.58. The average molecular weight is 554 g/mol. The number of halogens is 1. The molecule has 3 aromatic rings. The van der Waals surface area contributed by atoms with Gasteiger partial charge in [-0.3, -0.25) is 15.5 Å². The molecule has 0 saturated carbocycles. The molecule has 1 N–H and O–H groups in total. The number of hydrazone groups is 1. The minimum absolute atomic E-state index is 0.0184. The van der Waals surface area contributed by atoms with Crippen LogP contribution >= 0.6 is 15.9 Å². The number of nitro benzene ring substituents is 1. The molecule has 3 rings (SSSR count). The Bertz CT molecular complexity index is 1310. The van der Waals surface area contributed by atoms with E-state index in [2.05, 4.69) is 37.5 Å². The molecule has 0 saturated heterocycles. The topological polar surface area (TPSA) is 132 Å². The van der Waals surface area contributed by atoms with Gasteiger partial charge in [-0.15, -0.1) is 0 Å². The molecule has 186 valence electrons. The molecular formula is C25H24BrN5O5. The lowest BCUT2D eigenvalue weighted by molar-refractivity contribution is -0.384. The van der Waals surface area contributed by atoms with E-state index in [1.54, 1.807) is 37.6 Å². The predicted molar refractivity (Wildman–Crippen MR) is 138 cm³/mol. The summed E-state index contributed by atoms with van der Waals surface area (Å²) in [5, 5.41) is 24.7. The molecule has 0 amide bonds. The molecule has 0 radical (unpaired) electrons. The molecule has 0 bridgehead atoms. The van der Waals surface area contributed by atoms with Gasteiger partial charge in [0.2, 0.25) is 0 Å². The molecule has 36 heavy (non-hydrogen) atoms. The molecule has 11 heteroatoms. The van der Waals surface area contributed by atoms with Gasteiger partial charge >= 0.3 is 0 Å². The number of pyridine rings is 1. The number of nitro groups is 1. The van der Waals surface area contributed by atoms with Crippen molar-refractivity contribution in [3.05, 3.63) is 85.0 Å². The number of nitrogens with zero attached hydrogens (tertiary/aromatic N) is 4. The number of nitriles is 1. The van der Waals surface area contributed by atoms with Crippen molar-refractivity contribution in [2.75, 3.05) is 19.1 Å². The first-order valence-corrected chi connectivity index (χ1v) is 11.7. The minimum Gasteiger partial charge on any atom is -0.490 e. The second-order valence-corrected chi connectivity index (χ2v) is 8.39. The highest BCUT2D eigenvalue weighted by atomic mass is 79.9. The van der Waals surface area contributed by atoms with E-state index in [9.17, 15) is 15.4 Å². The zero-order valence-corrected chi connectivity index (χ0v) is 21.5. The van der Waals surface area contributed by atoms with Crippen LogP contribution < -0.4 is 14.9 Å². The van der Waals surface area contributed by atoms with Crippen molar-refractivity contribution in [2.24, 2.45) is 5.10 Å². The van der Waals surface area contributed by atoms with E-state index in [0.29, 0.717) is 39.5 Å². The number of aryl methyl sites for hydroxylation is 1. The highest BCUT2D eigenvalue weighted by molar-refractivity contribution is 9.10. The summed E-state index contributed by atoms with van der Waals surface area (Å²) in [5.74, 6) is 1.34. The Hall–Kier alpha value is -4.01. The summed E-state index contributed by atoms with van der Waals surface area (Å²) in [5.41, 5.74) is 6.17. The van der Waals surface area contributed by atoms with Crippen molar-refractivity contribution in [2.45, 2.75) is 27.1 Å². The maximum Gasteiger partial charge on any atom is 0.269 e. The summed E-state index contributed by atoms with van der Waals surface area (Å²) in [4.78, 5) is 14.8. The summed E-state index contributed by atoms with van der Waals surface area (Å²) >= 11 is 3.52. The Morgan fingerprint density at radius 3 is 2.61 bits per heavy atom. The quantitative estimate of drug-likeness (QED) is 0.187. The second-order valence-electron chi connectivity index (χ2n) is 7.54. The van der Waals surface area contributed by atoms with Crippen LogP contribution in [0.1, 0.15) is 34.9 Å². The minimum atomic E-state index is -0.446. The molecule has 0 aliphatic rings. The van der Waals surface area contributed by atoms with E-state index >= 15 is 0 Å². The van der Waals surface area contributed by atoms with E-state index in [0.717, 1.165) is 16.8 Å². The van der Waals surface area contributed by atoms with Crippen LogP contribution in [0.4, 0.5) is 11.5 Å². The number of benzene rings is 2. The van der Waals surface area contributed by atoms with Gasteiger partial charge in [-0.1, -0.05) is 0 Å². The molecule has 0 aliphatic carbocycles. The van der Waals surface area contributed by atoms with Crippen molar-refractivity contribution in [1.29, 1.82) is 5.26 Å². The van der Waals surface area contributed by atoms with Gasteiger partial charge in [-0.05, 0) is 71.2 Å². The van der Waals surface area contributed by atoms with Crippen LogP contribution in [0.25, 0.3) is 0 Å². The van der Waals surface area contributed by atoms with Gasteiger partial charge in [0.15, 0.2) is 17.3 Å². The molecule has 1 aromatic heterocycles. The lowest BCUT2D eigenvalue weighted by Crippen LogP contribution is -2.04. The van der Waals surface area contributed by atoms with E-state index in [1.165, 1.54) is 12.1 Å². The molecule has 0 unspecified atom stereocenters. The van der Waals surface area contributed by atoms with Crippen LogP contribution in [-0.2, 0) is 18.0 Å². The fourth-order valence-electron chi connectivity index (χ4n) is 3.32. The normalized spacial score (nSPS) is 10.8. The fourth-order valence-corrected chi connectivity index (χ4v) is 3.89. The molecule has 0 atom stereocenters. The first-order valence-electron chi connectivity index (χ1n) is 10.9. The van der Waals surface area contributed by atoms with Crippen LogP contribution in [0.15, 0.2) is 52.0 Å². The van der Waals surface area contributed by atoms with E-state index in [4.69, 9.17) is 14.2 Å². The molecular weight excluding hydrogens is 530 g/mol. The van der Waals surface area contributed by atoms with Gasteiger partial charge in [0.05, 0.1) is 28.8 Å². The first kappa shape index (κ1) is 26.6. The monoisotopic (exact) mass is 553 g/mol. The van der Waals surface area contributed by atoms with Crippen molar-refractivity contribution in [3.8, 4) is 17.6 Å². The number of nitrogens with one attached hydrogen (secondary N) is 1. The SMILES string of the molecule is CCOc1cc(C=NNc2nc(C)cc(COC)c2C#N)cc(Br)c1OCc1ccc([N+](=O)[O-])cc1. The predicted octanol–water partition coefficient (Wildman–Crippen LogP) is 5.50. The number of rotatable bonds is 11. The van der Waals surface area contributed by atoms with Crippen LogP contribution in [0, 0.1) is 28.4 Å². The number of hydrogen-bond acceptors (Lipinski definition) is 9. The van der Waals surface area contributed by atoms with Gasteiger partial charge in [0.25, 0.3) is 5.69 Å². The second kappa shape index (κ2) is 12.6. The van der Waals surface area contributed by atoms with Crippen LogP contribution in [0.3, 0.4) is 0 Å². The average Bonchev–Trinajstić information content (AvgIpc) is 2.84. The summed E-state index contributed by atoms with van der Waals surface area (Å²) in [6, 6.07) is 13.7. The van der Waals surface area contributed by atoms with E-state index in [-0.39, 0.29) is 18.9 Å². The number of non-ortho nitro benzene ring substituents is 1. The van der Waals surface area contributed by atoms with Crippen molar-refractivity contribution in [3.63, 3.8) is 0 Å². The summed E-state index contributed by atoms with van der Waals surface area (Å²) in [6.45, 7) is 4.60. The fraction of sp³-hybridized carbons (Fsp3) is 0.240. The zero-order valence-electron chi connectivity index (χ0n) is 19.9. The van der Waals surface area contributed by atoms with Gasteiger partial charge in [-0.2, -0.15) is 10.4 Å².